The Bertz CT molecular complexity index is 855. The van der Waals surface area contributed by atoms with Gasteiger partial charge in [-0.25, -0.2) is 4.79 Å². The van der Waals surface area contributed by atoms with Gasteiger partial charge >= 0.3 is 11.9 Å². The van der Waals surface area contributed by atoms with Crippen LogP contribution in [0.3, 0.4) is 0 Å². The van der Waals surface area contributed by atoms with E-state index in [0.29, 0.717) is 23.4 Å². The predicted octanol–water partition coefficient (Wildman–Crippen LogP) is 3.47. The molecule has 0 saturated heterocycles. The number of nitrogens with one attached hydrogen (secondary N) is 1. The van der Waals surface area contributed by atoms with Crippen LogP contribution in [0.4, 0.5) is 0 Å². The maximum atomic E-state index is 12.4. The Morgan fingerprint density at radius 1 is 1.03 bits per heavy atom. The summed E-state index contributed by atoms with van der Waals surface area (Å²) in [6.07, 6.45) is -0.963. The molecule has 2 N–H and O–H groups in total. The molecule has 0 aliphatic heterocycles. The second kappa shape index (κ2) is 9.54. The molecule has 0 fully saturated rings. The van der Waals surface area contributed by atoms with Crippen molar-refractivity contribution in [2.45, 2.75) is 33.9 Å². The SMILES string of the molecule is COc1ccc(C(=O)Oc2ccc(C(O)NCC(C)(C)C)cc2OC(C)=O)cc1. The first-order valence-electron chi connectivity index (χ1n) is 9.19. The molecular formula is C22H27NO6. The van der Waals surface area contributed by atoms with Crippen LogP contribution in [0.25, 0.3) is 0 Å². The molecule has 7 nitrogen and oxygen atoms in total. The minimum atomic E-state index is -0.963. The number of methoxy groups -OCH3 is 1. The quantitative estimate of drug-likeness (QED) is 0.417. The van der Waals surface area contributed by atoms with Crippen LogP contribution in [0.5, 0.6) is 17.2 Å². The van der Waals surface area contributed by atoms with Crippen molar-refractivity contribution >= 4 is 11.9 Å². The summed E-state index contributed by atoms with van der Waals surface area (Å²) >= 11 is 0. The average Bonchev–Trinajstić information content (AvgIpc) is 2.66. The predicted molar refractivity (Wildman–Crippen MR) is 108 cm³/mol. The number of benzene rings is 2. The van der Waals surface area contributed by atoms with E-state index < -0.39 is 18.2 Å². The third-order valence-electron chi connectivity index (χ3n) is 3.89. The molecule has 0 aliphatic rings. The van der Waals surface area contributed by atoms with E-state index in [2.05, 4.69) is 5.32 Å². The van der Waals surface area contributed by atoms with E-state index in [9.17, 15) is 14.7 Å². The molecule has 0 radical (unpaired) electrons. The number of aliphatic hydroxyl groups is 1. The van der Waals surface area contributed by atoms with E-state index in [1.165, 1.54) is 26.2 Å². The zero-order valence-corrected chi connectivity index (χ0v) is 17.3. The number of ether oxygens (including phenoxy) is 3. The smallest absolute Gasteiger partial charge is 0.343 e. The summed E-state index contributed by atoms with van der Waals surface area (Å²) in [6, 6.07) is 11.0. The van der Waals surface area contributed by atoms with Crippen molar-refractivity contribution in [1.82, 2.24) is 5.32 Å². The van der Waals surface area contributed by atoms with Gasteiger partial charge in [-0.1, -0.05) is 26.8 Å². The summed E-state index contributed by atoms with van der Waals surface area (Å²) in [5.41, 5.74) is 0.776. The first kappa shape index (κ1) is 22.4. The van der Waals surface area contributed by atoms with Crippen molar-refractivity contribution in [3.05, 3.63) is 53.6 Å². The van der Waals surface area contributed by atoms with E-state index in [1.807, 2.05) is 20.8 Å². The molecule has 2 rings (SSSR count). The van der Waals surface area contributed by atoms with Gasteiger partial charge in [-0.05, 0) is 47.4 Å². The molecule has 1 unspecified atom stereocenters. The van der Waals surface area contributed by atoms with Gasteiger partial charge in [-0.15, -0.1) is 0 Å². The molecule has 2 aromatic carbocycles. The van der Waals surface area contributed by atoms with Gasteiger partial charge in [0.2, 0.25) is 0 Å². The lowest BCUT2D eigenvalue weighted by atomic mass is 9.97. The zero-order valence-electron chi connectivity index (χ0n) is 17.3. The van der Waals surface area contributed by atoms with E-state index in [4.69, 9.17) is 14.2 Å². The average molecular weight is 401 g/mol. The number of hydrogen-bond donors (Lipinski definition) is 2. The molecule has 29 heavy (non-hydrogen) atoms. The summed E-state index contributed by atoms with van der Waals surface area (Å²) in [5.74, 6) is -0.439. The molecule has 0 amide bonds. The molecule has 156 valence electrons. The highest BCUT2D eigenvalue weighted by Crippen LogP contribution is 2.31. The number of carbonyl (C=O) groups excluding carboxylic acids is 2. The normalized spacial score (nSPS) is 12.2. The Hall–Kier alpha value is -2.90. The van der Waals surface area contributed by atoms with Gasteiger partial charge in [0.25, 0.3) is 0 Å². The maximum absolute atomic E-state index is 12.4. The van der Waals surface area contributed by atoms with Crippen molar-refractivity contribution in [2.75, 3.05) is 13.7 Å². The van der Waals surface area contributed by atoms with Crippen molar-refractivity contribution in [3.8, 4) is 17.2 Å². The topological polar surface area (TPSA) is 94.1 Å². The number of hydrogen-bond acceptors (Lipinski definition) is 7. The van der Waals surface area contributed by atoms with Crippen molar-refractivity contribution in [3.63, 3.8) is 0 Å². The monoisotopic (exact) mass is 401 g/mol. The molecule has 0 bridgehead atoms. The van der Waals surface area contributed by atoms with Crippen LogP contribution >= 0.6 is 0 Å². The van der Waals surface area contributed by atoms with Gasteiger partial charge in [0, 0.05) is 13.5 Å². The fraction of sp³-hybridized carbons (Fsp3) is 0.364. The highest BCUT2D eigenvalue weighted by atomic mass is 16.6. The number of carbonyl (C=O) groups is 2. The third-order valence-corrected chi connectivity index (χ3v) is 3.89. The number of esters is 2. The molecule has 7 heteroatoms. The van der Waals surface area contributed by atoms with Crippen LogP contribution in [-0.4, -0.2) is 30.7 Å². The molecule has 2 aromatic rings. The van der Waals surface area contributed by atoms with Crippen molar-refractivity contribution in [1.29, 1.82) is 0 Å². The second-order valence-corrected chi connectivity index (χ2v) is 7.76. The molecular weight excluding hydrogens is 374 g/mol. The third kappa shape index (κ3) is 6.89. The van der Waals surface area contributed by atoms with Crippen LogP contribution in [0.2, 0.25) is 0 Å². The molecule has 1 atom stereocenters. The summed E-state index contributed by atoms with van der Waals surface area (Å²) < 4.78 is 15.6. The summed E-state index contributed by atoms with van der Waals surface area (Å²) in [6.45, 7) is 7.94. The Balaban J connectivity index is 2.21. The fourth-order valence-electron chi connectivity index (χ4n) is 2.42. The van der Waals surface area contributed by atoms with Gasteiger partial charge in [-0.2, -0.15) is 0 Å². The van der Waals surface area contributed by atoms with E-state index in [0.717, 1.165) is 0 Å². The maximum Gasteiger partial charge on any atom is 0.343 e. The Kier molecular flexibility index (Phi) is 7.36. The fourth-order valence-corrected chi connectivity index (χ4v) is 2.42. The number of rotatable bonds is 7. The van der Waals surface area contributed by atoms with Gasteiger partial charge < -0.3 is 19.3 Å². The van der Waals surface area contributed by atoms with Gasteiger partial charge in [0.15, 0.2) is 11.5 Å². The van der Waals surface area contributed by atoms with Crippen molar-refractivity contribution < 1.29 is 28.9 Å². The molecule has 0 aliphatic carbocycles. The van der Waals surface area contributed by atoms with Gasteiger partial charge in [0.1, 0.15) is 12.0 Å². The lowest BCUT2D eigenvalue weighted by Gasteiger charge is -2.22. The Morgan fingerprint density at radius 2 is 1.69 bits per heavy atom. The first-order valence-corrected chi connectivity index (χ1v) is 9.19. The zero-order chi connectivity index (χ0) is 21.6. The minimum Gasteiger partial charge on any atom is -0.497 e. The first-order chi connectivity index (χ1) is 13.6. The Morgan fingerprint density at radius 3 is 2.24 bits per heavy atom. The van der Waals surface area contributed by atoms with Gasteiger partial charge in [0.05, 0.1) is 12.7 Å². The van der Waals surface area contributed by atoms with Crippen LogP contribution in [0.15, 0.2) is 42.5 Å². The molecule has 0 aromatic heterocycles. The lowest BCUT2D eigenvalue weighted by molar-refractivity contribution is -0.132. The number of aliphatic hydroxyl groups excluding tert-OH is 1. The largest absolute Gasteiger partial charge is 0.497 e. The van der Waals surface area contributed by atoms with Crippen LogP contribution in [0, 0.1) is 5.41 Å². The summed E-state index contributed by atoms with van der Waals surface area (Å²) in [7, 11) is 1.53. The second-order valence-electron chi connectivity index (χ2n) is 7.76. The van der Waals surface area contributed by atoms with Crippen LogP contribution < -0.4 is 19.5 Å². The van der Waals surface area contributed by atoms with Crippen LogP contribution in [0.1, 0.15) is 49.8 Å². The molecule has 0 saturated carbocycles. The lowest BCUT2D eigenvalue weighted by Crippen LogP contribution is -2.30. The molecule has 0 spiro atoms. The standard InChI is InChI=1S/C22H27NO6/c1-14(24)28-19-12-16(20(25)23-13-22(2,3)4)8-11-18(19)29-21(26)15-6-9-17(27-5)10-7-15/h6-12,20,23,25H,13H2,1-5H3. The summed E-state index contributed by atoms with van der Waals surface area (Å²) in [4.78, 5) is 23.9. The van der Waals surface area contributed by atoms with E-state index >= 15 is 0 Å². The van der Waals surface area contributed by atoms with E-state index in [1.54, 1.807) is 30.3 Å². The van der Waals surface area contributed by atoms with E-state index in [-0.39, 0.29) is 16.9 Å². The van der Waals surface area contributed by atoms with Crippen LogP contribution in [-0.2, 0) is 4.79 Å². The highest BCUT2D eigenvalue weighted by Gasteiger charge is 2.19. The minimum absolute atomic E-state index is 0.0203. The summed E-state index contributed by atoms with van der Waals surface area (Å²) in [5, 5.41) is 13.4. The highest BCUT2D eigenvalue weighted by molar-refractivity contribution is 5.91. The van der Waals surface area contributed by atoms with Crippen molar-refractivity contribution in [2.24, 2.45) is 5.41 Å². The van der Waals surface area contributed by atoms with Gasteiger partial charge in [-0.3, -0.25) is 10.1 Å². The Labute approximate surface area is 170 Å². The molecule has 0 heterocycles.